The van der Waals surface area contributed by atoms with Crippen molar-refractivity contribution in [3.8, 4) is 11.5 Å². The molecule has 0 aliphatic rings. The second-order valence-corrected chi connectivity index (χ2v) is 2.76. The van der Waals surface area contributed by atoms with Crippen LogP contribution >= 0.6 is 0 Å². The van der Waals surface area contributed by atoms with Crippen LogP contribution in [0, 0.1) is 0 Å². The lowest BCUT2D eigenvalue weighted by Gasteiger charge is -1.90. The average molecular weight is 179 g/mol. The van der Waals surface area contributed by atoms with Crippen molar-refractivity contribution >= 4 is 11.0 Å². The minimum Gasteiger partial charge on any atom is -0.508 e. The van der Waals surface area contributed by atoms with E-state index < -0.39 is 0 Å². The average Bonchev–Trinajstić information content (AvgIpc) is 2.44. The van der Waals surface area contributed by atoms with Crippen LogP contribution in [0.2, 0.25) is 0 Å². The van der Waals surface area contributed by atoms with Gasteiger partial charge in [-0.2, -0.15) is 0 Å². The Morgan fingerprint density at radius 2 is 2.08 bits per heavy atom. The summed E-state index contributed by atoms with van der Waals surface area (Å²) in [6, 6.07) is 4.52. The Morgan fingerprint density at radius 3 is 2.77 bits per heavy atom. The molecule has 0 spiro atoms. The Balaban J connectivity index is 2.77. The third-order valence-corrected chi connectivity index (χ3v) is 1.90. The second-order valence-electron chi connectivity index (χ2n) is 2.76. The summed E-state index contributed by atoms with van der Waals surface area (Å²) < 4.78 is 5.22. The molecule has 0 fully saturated rings. The first-order chi connectivity index (χ1) is 6.22. The normalized spacial score (nSPS) is 10.8. The molecule has 13 heavy (non-hydrogen) atoms. The Morgan fingerprint density at radius 1 is 1.31 bits per heavy atom. The lowest BCUT2D eigenvalue weighted by Crippen LogP contribution is -1.93. The van der Waals surface area contributed by atoms with Crippen LogP contribution in [-0.4, -0.2) is 10.2 Å². The van der Waals surface area contributed by atoms with E-state index in [1.807, 2.05) is 0 Å². The number of benzene rings is 1. The number of furan rings is 1. The predicted molar refractivity (Wildman–Crippen MR) is 47.4 cm³/mol. The fraction of sp³-hybridized carbons (Fsp3) is 0.111. The quantitative estimate of drug-likeness (QED) is 0.616. The van der Waals surface area contributed by atoms with Gasteiger partial charge in [0.05, 0.1) is 11.9 Å². The van der Waals surface area contributed by atoms with E-state index in [0.717, 1.165) is 0 Å². The van der Waals surface area contributed by atoms with Crippen molar-refractivity contribution in [3.05, 3.63) is 24.0 Å². The van der Waals surface area contributed by atoms with Crippen LogP contribution in [0.3, 0.4) is 0 Å². The standard InChI is InChI=1S/C9H9NO3/c10-4-8-9(12)6-3-5(11)1-2-7(6)13-8/h1-3,11-12H,4,10H2. The molecule has 4 heteroatoms. The van der Waals surface area contributed by atoms with Crippen molar-refractivity contribution in [2.75, 3.05) is 0 Å². The number of fused-ring (bicyclic) bond motifs is 1. The summed E-state index contributed by atoms with van der Waals surface area (Å²) in [6.07, 6.45) is 0. The molecule has 4 N–H and O–H groups in total. The van der Waals surface area contributed by atoms with Gasteiger partial charge in [-0.25, -0.2) is 0 Å². The summed E-state index contributed by atoms with van der Waals surface area (Å²) in [4.78, 5) is 0. The Bertz CT molecular complexity index is 447. The fourth-order valence-corrected chi connectivity index (χ4v) is 1.26. The molecule has 2 rings (SSSR count). The topological polar surface area (TPSA) is 79.6 Å². The van der Waals surface area contributed by atoms with Gasteiger partial charge in [0.15, 0.2) is 11.5 Å². The van der Waals surface area contributed by atoms with Gasteiger partial charge in [-0.15, -0.1) is 0 Å². The van der Waals surface area contributed by atoms with Gasteiger partial charge in [0.2, 0.25) is 0 Å². The summed E-state index contributed by atoms with van der Waals surface area (Å²) in [5.74, 6) is 0.432. The minimum atomic E-state index is 0.00778. The van der Waals surface area contributed by atoms with E-state index >= 15 is 0 Å². The molecule has 0 amide bonds. The highest BCUT2D eigenvalue weighted by atomic mass is 16.4. The number of phenols is 1. The second kappa shape index (κ2) is 2.67. The van der Waals surface area contributed by atoms with Crippen molar-refractivity contribution in [2.24, 2.45) is 5.73 Å². The molecule has 0 aliphatic carbocycles. The summed E-state index contributed by atoms with van der Waals surface area (Å²) in [7, 11) is 0. The summed E-state index contributed by atoms with van der Waals surface area (Å²) in [5.41, 5.74) is 5.86. The molecule has 68 valence electrons. The van der Waals surface area contributed by atoms with E-state index in [-0.39, 0.29) is 18.0 Å². The van der Waals surface area contributed by atoms with Crippen LogP contribution < -0.4 is 5.73 Å². The molecule has 1 aromatic carbocycles. The molecule has 0 saturated heterocycles. The van der Waals surface area contributed by atoms with Crippen molar-refractivity contribution in [3.63, 3.8) is 0 Å². The SMILES string of the molecule is NCc1oc2ccc(O)cc2c1O. The number of hydrogen-bond acceptors (Lipinski definition) is 4. The number of aromatic hydroxyl groups is 2. The molecule has 0 unspecified atom stereocenters. The van der Waals surface area contributed by atoms with Gasteiger partial charge in [-0.3, -0.25) is 0 Å². The van der Waals surface area contributed by atoms with Crippen LogP contribution in [-0.2, 0) is 6.54 Å². The smallest absolute Gasteiger partial charge is 0.166 e. The Labute approximate surface area is 74.2 Å². The van der Waals surface area contributed by atoms with Gasteiger partial charge in [-0.1, -0.05) is 0 Å². The van der Waals surface area contributed by atoms with Crippen LogP contribution in [0.25, 0.3) is 11.0 Å². The summed E-state index contributed by atoms with van der Waals surface area (Å²) in [6.45, 7) is 0.140. The molecule has 0 bridgehead atoms. The van der Waals surface area contributed by atoms with Gasteiger partial charge in [0.1, 0.15) is 11.3 Å². The molecule has 0 saturated carbocycles. The molecule has 4 nitrogen and oxygen atoms in total. The third-order valence-electron chi connectivity index (χ3n) is 1.90. The lowest BCUT2D eigenvalue weighted by atomic mass is 10.2. The maximum absolute atomic E-state index is 9.53. The van der Waals surface area contributed by atoms with Crippen LogP contribution in [0.4, 0.5) is 0 Å². The van der Waals surface area contributed by atoms with E-state index in [1.165, 1.54) is 12.1 Å². The summed E-state index contributed by atoms with van der Waals surface area (Å²) in [5, 5.41) is 19.2. The first-order valence-electron chi connectivity index (χ1n) is 3.86. The van der Waals surface area contributed by atoms with Gasteiger partial charge in [0, 0.05) is 0 Å². The molecular formula is C9H9NO3. The maximum atomic E-state index is 9.53. The highest BCUT2D eigenvalue weighted by Gasteiger charge is 2.11. The molecule has 0 atom stereocenters. The van der Waals surface area contributed by atoms with Gasteiger partial charge in [0.25, 0.3) is 0 Å². The monoisotopic (exact) mass is 179 g/mol. The zero-order valence-electron chi connectivity index (χ0n) is 6.82. The molecule has 1 aromatic heterocycles. The predicted octanol–water partition coefficient (Wildman–Crippen LogP) is 1.30. The van der Waals surface area contributed by atoms with Crippen molar-refractivity contribution < 1.29 is 14.6 Å². The van der Waals surface area contributed by atoms with Crippen LogP contribution in [0.15, 0.2) is 22.6 Å². The number of phenolic OH excluding ortho intramolecular Hbond substituents is 1. The van der Waals surface area contributed by atoms with E-state index in [4.69, 9.17) is 15.3 Å². The minimum absolute atomic E-state index is 0.00778. The lowest BCUT2D eigenvalue weighted by molar-refractivity contribution is 0.441. The number of nitrogens with two attached hydrogens (primary N) is 1. The molecule has 0 aliphatic heterocycles. The molecular weight excluding hydrogens is 170 g/mol. The third kappa shape index (κ3) is 1.11. The maximum Gasteiger partial charge on any atom is 0.166 e. The highest BCUT2D eigenvalue weighted by molar-refractivity contribution is 5.86. The van der Waals surface area contributed by atoms with E-state index in [9.17, 15) is 5.11 Å². The Kier molecular flexibility index (Phi) is 1.63. The molecule has 0 radical (unpaired) electrons. The molecule has 1 heterocycles. The summed E-state index contributed by atoms with van der Waals surface area (Å²) >= 11 is 0. The van der Waals surface area contributed by atoms with Crippen molar-refractivity contribution in [2.45, 2.75) is 6.54 Å². The van der Waals surface area contributed by atoms with Crippen molar-refractivity contribution in [1.29, 1.82) is 0 Å². The fourth-order valence-electron chi connectivity index (χ4n) is 1.26. The number of rotatable bonds is 1. The highest BCUT2D eigenvalue weighted by Crippen LogP contribution is 2.33. The van der Waals surface area contributed by atoms with Gasteiger partial charge < -0.3 is 20.4 Å². The van der Waals surface area contributed by atoms with E-state index in [0.29, 0.717) is 16.7 Å². The first-order valence-corrected chi connectivity index (χ1v) is 3.86. The zero-order chi connectivity index (χ0) is 9.42. The molecule has 2 aromatic rings. The van der Waals surface area contributed by atoms with Gasteiger partial charge >= 0.3 is 0 Å². The largest absolute Gasteiger partial charge is 0.508 e. The van der Waals surface area contributed by atoms with Crippen LogP contribution in [0.5, 0.6) is 11.5 Å². The first kappa shape index (κ1) is 7.94. The Hall–Kier alpha value is -1.68. The zero-order valence-corrected chi connectivity index (χ0v) is 6.82. The van der Waals surface area contributed by atoms with Gasteiger partial charge in [-0.05, 0) is 18.2 Å². The van der Waals surface area contributed by atoms with E-state index in [2.05, 4.69) is 0 Å². The van der Waals surface area contributed by atoms with Crippen LogP contribution in [0.1, 0.15) is 5.76 Å². The van der Waals surface area contributed by atoms with Crippen molar-refractivity contribution in [1.82, 2.24) is 0 Å². The van der Waals surface area contributed by atoms with E-state index in [1.54, 1.807) is 6.07 Å². The number of hydrogen-bond donors (Lipinski definition) is 3.